The van der Waals surface area contributed by atoms with E-state index in [1.165, 1.54) is 36.4 Å². The van der Waals surface area contributed by atoms with Gasteiger partial charge in [0, 0.05) is 41.2 Å². The Morgan fingerprint density at radius 3 is 2.24 bits per heavy atom. The highest BCUT2D eigenvalue weighted by atomic mass is 35.5. The van der Waals surface area contributed by atoms with Gasteiger partial charge in [0.2, 0.25) is 5.91 Å². The molecule has 0 aromatic heterocycles. The van der Waals surface area contributed by atoms with Crippen molar-refractivity contribution < 1.29 is 28.3 Å². The van der Waals surface area contributed by atoms with E-state index >= 15 is 0 Å². The zero-order valence-corrected chi connectivity index (χ0v) is 23.5. The minimum atomic E-state index is -1.39. The summed E-state index contributed by atoms with van der Waals surface area (Å²) in [5.74, 6) is -4.26. The van der Waals surface area contributed by atoms with Crippen molar-refractivity contribution in [3.05, 3.63) is 94.0 Å². The number of carbonyl (C=O) groups excluding carboxylic acids is 2. The van der Waals surface area contributed by atoms with E-state index < -0.39 is 47.4 Å². The quantitative estimate of drug-likeness (QED) is 0.327. The molecule has 42 heavy (non-hydrogen) atoms. The van der Waals surface area contributed by atoms with Gasteiger partial charge in [-0.2, -0.15) is 5.26 Å². The highest BCUT2D eigenvalue weighted by Gasteiger charge is 2.38. The monoisotopic (exact) mass is 594 g/mol. The molecule has 0 saturated carbocycles. The third kappa shape index (κ3) is 6.93. The van der Waals surface area contributed by atoms with Crippen molar-refractivity contribution in [1.29, 1.82) is 5.26 Å². The third-order valence-electron chi connectivity index (χ3n) is 7.50. The lowest BCUT2D eigenvalue weighted by atomic mass is 9.88. The number of hydrogen-bond acceptors (Lipinski definition) is 5. The molecule has 0 unspecified atom stereocenters. The van der Waals surface area contributed by atoms with E-state index in [1.807, 2.05) is 6.92 Å². The summed E-state index contributed by atoms with van der Waals surface area (Å²) in [4.78, 5) is 40.2. The van der Waals surface area contributed by atoms with Crippen molar-refractivity contribution in [2.24, 2.45) is 0 Å². The van der Waals surface area contributed by atoms with Crippen LogP contribution in [0.25, 0.3) is 11.1 Å². The van der Waals surface area contributed by atoms with E-state index in [0.717, 1.165) is 18.7 Å². The maximum Gasteiger partial charge on any atom is 0.335 e. The molecular weight excluding hydrogens is 566 g/mol. The number of halogens is 3. The van der Waals surface area contributed by atoms with Gasteiger partial charge in [-0.05, 0) is 67.4 Å². The predicted octanol–water partition coefficient (Wildman–Crippen LogP) is 4.82. The van der Waals surface area contributed by atoms with Crippen LogP contribution in [0.15, 0.2) is 60.7 Å². The van der Waals surface area contributed by atoms with Crippen LogP contribution in [-0.4, -0.2) is 59.0 Å². The van der Waals surface area contributed by atoms with Gasteiger partial charge in [-0.15, -0.1) is 0 Å². The SMILES string of the molecule is CCN1CCC(C#N)(NC(=O)[C@H](Cc2c(F)cccc2F)NC(=O)c2ccc(-c3cc(C(=O)O)ccc3Cl)cc2)CC1. The van der Waals surface area contributed by atoms with Gasteiger partial charge in [-0.3, -0.25) is 9.59 Å². The first-order valence-corrected chi connectivity index (χ1v) is 13.8. The number of hydrogen-bond donors (Lipinski definition) is 3. The normalized spacial score (nSPS) is 15.3. The third-order valence-corrected chi connectivity index (χ3v) is 7.83. The Balaban J connectivity index is 1.57. The van der Waals surface area contributed by atoms with E-state index in [4.69, 9.17) is 11.6 Å². The largest absolute Gasteiger partial charge is 0.478 e. The number of nitrogens with one attached hydrogen (secondary N) is 2. The minimum absolute atomic E-state index is 0.0426. The van der Waals surface area contributed by atoms with E-state index in [1.54, 1.807) is 12.1 Å². The Morgan fingerprint density at radius 2 is 1.67 bits per heavy atom. The zero-order chi connectivity index (χ0) is 30.4. The average molecular weight is 595 g/mol. The molecule has 1 fully saturated rings. The second kappa shape index (κ2) is 13.1. The lowest BCUT2D eigenvalue weighted by Crippen LogP contribution is -2.59. The average Bonchev–Trinajstić information content (AvgIpc) is 2.99. The van der Waals surface area contributed by atoms with Gasteiger partial charge in [-0.25, -0.2) is 13.6 Å². The molecule has 1 saturated heterocycles. The molecule has 0 spiro atoms. The lowest BCUT2D eigenvalue weighted by molar-refractivity contribution is -0.124. The van der Waals surface area contributed by atoms with Crippen LogP contribution in [0.5, 0.6) is 0 Å². The Hall–Kier alpha value is -4.33. The van der Waals surface area contributed by atoms with Crippen LogP contribution in [0.4, 0.5) is 8.78 Å². The van der Waals surface area contributed by atoms with Crippen LogP contribution in [0.2, 0.25) is 5.02 Å². The molecule has 3 aromatic carbocycles. The number of rotatable bonds is 9. The molecule has 8 nitrogen and oxygen atoms in total. The van der Waals surface area contributed by atoms with Gasteiger partial charge >= 0.3 is 5.97 Å². The Bertz CT molecular complexity index is 1510. The number of piperidine rings is 1. The topological polar surface area (TPSA) is 123 Å². The lowest BCUT2D eigenvalue weighted by Gasteiger charge is -2.38. The van der Waals surface area contributed by atoms with Crippen LogP contribution in [0, 0.1) is 23.0 Å². The molecule has 218 valence electrons. The summed E-state index contributed by atoms with van der Waals surface area (Å²) in [6, 6.07) is 14.5. The highest BCUT2D eigenvalue weighted by molar-refractivity contribution is 6.33. The maximum atomic E-state index is 14.5. The van der Waals surface area contributed by atoms with Crippen molar-refractivity contribution in [1.82, 2.24) is 15.5 Å². The van der Waals surface area contributed by atoms with E-state index in [-0.39, 0.29) is 16.7 Å². The molecule has 0 aliphatic carbocycles. The van der Waals surface area contributed by atoms with Gasteiger partial charge < -0.3 is 20.6 Å². The molecule has 1 heterocycles. The first kappa shape index (κ1) is 30.6. The molecule has 3 aromatic rings. The fourth-order valence-electron chi connectivity index (χ4n) is 4.90. The number of carbonyl (C=O) groups is 3. The fourth-order valence-corrected chi connectivity index (χ4v) is 5.13. The van der Waals surface area contributed by atoms with Crippen LogP contribution in [0.3, 0.4) is 0 Å². The second-order valence-electron chi connectivity index (χ2n) is 10.1. The summed E-state index contributed by atoms with van der Waals surface area (Å²) in [7, 11) is 0. The molecule has 1 atom stereocenters. The number of nitrogens with zero attached hydrogens (tertiary/aromatic N) is 2. The van der Waals surface area contributed by atoms with Crippen molar-refractivity contribution in [3.8, 4) is 17.2 Å². The second-order valence-corrected chi connectivity index (χ2v) is 10.5. The number of carboxylic acids is 1. The number of likely N-dealkylation sites (tertiary alicyclic amines) is 1. The molecule has 2 amide bonds. The molecule has 0 radical (unpaired) electrons. The van der Waals surface area contributed by atoms with E-state index in [9.17, 15) is 33.5 Å². The van der Waals surface area contributed by atoms with Crippen molar-refractivity contribution in [2.75, 3.05) is 19.6 Å². The summed E-state index contributed by atoms with van der Waals surface area (Å²) >= 11 is 6.26. The predicted molar refractivity (Wildman–Crippen MR) is 153 cm³/mol. The van der Waals surface area contributed by atoms with Gasteiger partial charge in [-0.1, -0.05) is 36.7 Å². The summed E-state index contributed by atoms with van der Waals surface area (Å²) in [5, 5.41) is 24.9. The van der Waals surface area contributed by atoms with Gasteiger partial charge in [0.1, 0.15) is 23.2 Å². The highest BCUT2D eigenvalue weighted by Crippen LogP contribution is 2.29. The molecule has 1 aliphatic rings. The maximum absolute atomic E-state index is 14.5. The molecular formula is C31H29ClF2N4O4. The van der Waals surface area contributed by atoms with Crippen LogP contribution in [0.1, 0.15) is 46.0 Å². The number of nitriles is 1. The number of benzene rings is 3. The van der Waals surface area contributed by atoms with Crippen molar-refractivity contribution in [2.45, 2.75) is 37.8 Å². The van der Waals surface area contributed by atoms with Gasteiger partial charge in [0.25, 0.3) is 5.91 Å². The first-order chi connectivity index (χ1) is 20.1. The summed E-state index contributed by atoms with van der Waals surface area (Å²) < 4.78 is 29.1. The number of aromatic carboxylic acids is 1. The Morgan fingerprint density at radius 1 is 1.05 bits per heavy atom. The summed E-state index contributed by atoms with van der Waals surface area (Å²) in [5.41, 5.74) is -0.356. The standard InChI is InChI=1S/C31H29ClF2N4O4/c1-2-38-14-12-31(18-35,13-15-38)37-29(40)27(17-23-25(33)4-3-5-26(23)34)36-28(39)20-8-6-19(7-9-20)22-16-21(30(41)42)10-11-24(22)32/h3-11,16,27H,2,12-15,17H2,1H3,(H,36,39)(H,37,40)(H,41,42)/t27-/m0/s1. The van der Waals surface area contributed by atoms with Crippen molar-refractivity contribution in [3.63, 3.8) is 0 Å². The fraction of sp³-hybridized carbons (Fsp3) is 0.290. The van der Waals surface area contributed by atoms with E-state index in [0.29, 0.717) is 42.1 Å². The van der Waals surface area contributed by atoms with Crippen LogP contribution < -0.4 is 10.6 Å². The van der Waals surface area contributed by atoms with Gasteiger partial charge in [0.05, 0.1) is 11.6 Å². The molecule has 1 aliphatic heterocycles. The molecule has 3 N–H and O–H groups in total. The number of amides is 2. The minimum Gasteiger partial charge on any atom is -0.478 e. The Kier molecular flexibility index (Phi) is 9.55. The molecule has 11 heteroatoms. The first-order valence-electron chi connectivity index (χ1n) is 13.4. The summed E-state index contributed by atoms with van der Waals surface area (Å²) in [6.07, 6.45) is 0.254. The Labute approximate surface area is 246 Å². The van der Waals surface area contributed by atoms with Crippen LogP contribution in [-0.2, 0) is 11.2 Å². The summed E-state index contributed by atoms with van der Waals surface area (Å²) in [6.45, 7) is 3.99. The molecule has 4 rings (SSSR count). The smallest absolute Gasteiger partial charge is 0.335 e. The zero-order valence-electron chi connectivity index (χ0n) is 22.8. The van der Waals surface area contributed by atoms with Gasteiger partial charge in [0.15, 0.2) is 0 Å². The molecule has 0 bridgehead atoms. The van der Waals surface area contributed by atoms with Crippen molar-refractivity contribution >= 4 is 29.4 Å². The number of carboxylic acid groups (broad SMARTS) is 1. The van der Waals surface area contributed by atoms with Crippen LogP contribution >= 0.6 is 11.6 Å². The van der Waals surface area contributed by atoms with E-state index in [2.05, 4.69) is 21.6 Å².